The zero-order valence-corrected chi connectivity index (χ0v) is 21.4. The number of ether oxygens (including phenoxy) is 1. The first-order valence-corrected chi connectivity index (χ1v) is 13.3. The first-order chi connectivity index (χ1) is 17.5. The maximum absolute atomic E-state index is 13.5. The minimum absolute atomic E-state index is 0.0921. The summed E-state index contributed by atoms with van der Waals surface area (Å²) in [4.78, 5) is 44.1. The van der Waals surface area contributed by atoms with Crippen LogP contribution in [0, 0.1) is 11.8 Å². The Hall–Kier alpha value is -3.29. The van der Waals surface area contributed by atoms with Gasteiger partial charge in [0.1, 0.15) is 11.7 Å². The van der Waals surface area contributed by atoms with Crippen molar-refractivity contribution in [3.8, 4) is 11.1 Å². The summed E-state index contributed by atoms with van der Waals surface area (Å²) in [6.07, 6.45) is 0.255. The molecule has 0 spiro atoms. The topological polar surface area (TPSA) is 66.9 Å². The molecule has 3 aromatic rings. The minimum atomic E-state index is -1.03. The number of nitrogens with zero attached hydrogens (tertiary/aromatic N) is 2. The highest BCUT2D eigenvalue weighted by Crippen LogP contribution is 2.44. The van der Waals surface area contributed by atoms with Crippen LogP contribution in [0.1, 0.15) is 31.9 Å². The second kappa shape index (κ2) is 10.4. The van der Waals surface area contributed by atoms with Crippen molar-refractivity contribution >= 4 is 40.2 Å². The first-order valence-electron chi connectivity index (χ1n) is 12.4. The van der Waals surface area contributed by atoms with Gasteiger partial charge in [0.15, 0.2) is 0 Å². The number of thiophene rings is 1. The molecule has 2 aliphatic rings. The van der Waals surface area contributed by atoms with Crippen molar-refractivity contribution in [2.75, 3.05) is 36.1 Å². The molecule has 7 heteroatoms. The van der Waals surface area contributed by atoms with Crippen LogP contribution >= 0.6 is 11.3 Å². The largest absolute Gasteiger partial charge is 0.378 e. The van der Waals surface area contributed by atoms with Crippen molar-refractivity contribution in [1.82, 2.24) is 0 Å². The Labute approximate surface area is 215 Å². The Morgan fingerprint density at radius 1 is 1.00 bits per heavy atom. The molecule has 3 heterocycles. The molecule has 2 aliphatic heterocycles. The molecule has 0 radical (unpaired) electrons. The summed E-state index contributed by atoms with van der Waals surface area (Å²) in [6, 6.07) is 16.8. The van der Waals surface area contributed by atoms with Gasteiger partial charge in [0.05, 0.1) is 19.3 Å². The Kier molecular flexibility index (Phi) is 7.03. The summed E-state index contributed by atoms with van der Waals surface area (Å²) in [6.45, 7) is 6.56. The molecule has 186 valence electrons. The molecule has 1 amide bonds. The van der Waals surface area contributed by atoms with Crippen molar-refractivity contribution in [1.29, 1.82) is 0 Å². The van der Waals surface area contributed by atoms with Crippen molar-refractivity contribution in [2.24, 2.45) is 11.8 Å². The fourth-order valence-electron chi connectivity index (χ4n) is 5.19. The number of hydrogen-bond donors (Lipinski definition) is 0. The second-order valence-electron chi connectivity index (χ2n) is 9.74. The quantitative estimate of drug-likeness (QED) is 0.331. The smallest absolute Gasteiger partial charge is 0.295 e. The summed E-state index contributed by atoms with van der Waals surface area (Å²) in [7, 11) is 0. The molecule has 0 N–H and O–H groups in total. The summed E-state index contributed by atoms with van der Waals surface area (Å²) in [5.41, 5.74) is 4.53. The molecule has 36 heavy (non-hydrogen) atoms. The van der Waals surface area contributed by atoms with Gasteiger partial charge in [-0.2, -0.15) is 11.3 Å². The van der Waals surface area contributed by atoms with E-state index in [1.54, 1.807) is 16.2 Å². The van der Waals surface area contributed by atoms with Gasteiger partial charge in [-0.3, -0.25) is 19.3 Å². The highest BCUT2D eigenvalue weighted by Gasteiger charge is 2.52. The van der Waals surface area contributed by atoms with Crippen LogP contribution in [0.4, 0.5) is 11.4 Å². The van der Waals surface area contributed by atoms with Gasteiger partial charge in [0.25, 0.3) is 5.91 Å². The summed E-state index contributed by atoms with van der Waals surface area (Å²) >= 11 is 1.63. The van der Waals surface area contributed by atoms with Crippen LogP contribution in [0.5, 0.6) is 0 Å². The number of benzene rings is 2. The molecular formula is C29H30N2O4S. The van der Waals surface area contributed by atoms with E-state index in [0.717, 1.165) is 22.4 Å². The maximum Gasteiger partial charge on any atom is 0.295 e. The molecule has 0 saturated carbocycles. The molecule has 0 bridgehead atoms. The molecule has 2 atom stereocenters. The fourth-order valence-corrected chi connectivity index (χ4v) is 5.86. The van der Waals surface area contributed by atoms with Gasteiger partial charge in [-0.25, -0.2) is 0 Å². The summed E-state index contributed by atoms with van der Waals surface area (Å²) in [5, 5.41) is 4.09. The summed E-state index contributed by atoms with van der Waals surface area (Å²) in [5.74, 6) is -2.36. The number of para-hydroxylation sites is 1. The average Bonchev–Trinajstić information content (AvgIpc) is 3.51. The van der Waals surface area contributed by atoms with Crippen LogP contribution in [0.15, 0.2) is 65.4 Å². The van der Waals surface area contributed by atoms with E-state index in [9.17, 15) is 14.4 Å². The van der Waals surface area contributed by atoms with Gasteiger partial charge in [-0.1, -0.05) is 44.2 Å². The second-order valence-corrected chi connectivity index (χ2v) is 10.5. The van der Waals surface area contributed by atoms with E-state index in [2.05, 4.69) is 10.3 Å². The van der Waals surface area contributed by atoms with Crippen LogP contribution in [-0.4, -0.2) is 43.8 Å². The lowest BCUT2D eigenvalue weighted by Gasteiger charge is -2.35. The van der Waals surface area contributed by atoms with E-state index < -0.39 is 23.7 Å². The van der Waals surface area contributed by atoms with E-state index in [4.69, 9.17) is 4.74 Å². The maximum atomic E-state index is 13.5. The van der Waals surface area contributed by atoms with Crippen molar-refractivity contribution in [2.45, 2.75) is 26.3 Å². The molecule has 5 rings (SSSR count). The van der Waals surface area contributed by atoms with Crippen LogP contribution in [0.2, 0.25) is 0 Å². The van der Waals surface area contributed by atoms with Crippen LogP contribution in [0.25, 0.3) is 11.1 Å². The van der Waals surface area contributed by atoms with Gasteiger partial charge >= 0.3 is 0 Å². The number of carbonyl (C=O) groups excluding carboxylic acids is 3. The SMILES string of the molecule is CC(C)CC(=O)C1C(=O)C(=O)N(c2ccc(-c3ccsc3)cc2)C1c1ccccc1N1CCOCC1. The van der Waals surface area contributed by atoms with Crippen LogP contribution in [-0.2, 0) is 19.1 Å². The van der Waals surface area contributed by atoms with E-state index >= 15 is 0 Å². The standard InChI is InChI=1S/C29H30N2O4S/c1-19(2)17-25(32)26-27(23-5-3-4-6-24(23)30-12-14-35-15-13-30)31(29(34)28(26)33)22-9-7-20(8-10-22)21-11-16-36-18-21/h3-11,16,18-19,26-27H,12-15,17H2,1-2H3. The minimum Gasteiger partial charge on any atom is -0.378 e. The van der Waals surface area contributed by atoms with E-state index in [1.807, 2.05) is 73.8 Å². The zero-order valence-electron chi connectivity index (χ0n) is 20.6. The number of Topliss-reactive ketones (excluding diaryl/α,β-unsaturated/α-hetero) is 2. The number of amides is 1. The van der Waals surface area contributed by atoms with Crippen LogP contribution in [0.3, 0.4) is 0 Å². The van der Waals surface area contributed by atoms with Gasteiger partial charge in [-0.05, 0) is 57.6 Å². The number of morpholine rings is 1. The number of anilines is 2. The lowest BCUT2D eigenvalue weighted by atomic mass is 9.85. The summed E-state index contributed by atoms with van der Waals surface area (Å²) < 4.78 is 5.54. The van der Waals surface area contributed by atoms with Gasteiger partial charge < -0.3 is 9.64 Å². The normalized spacial score (nSPS) is 20.4. The highest BCUT2D eigenvalue weighted by atomic mass is 32.1. The Morgan fingerprint density at radius 2 is 1.72 bits per heavy atom. The van der Waals surface area contributed by atoms with Crippen LogP contribution < -0.4 is 9.80 Å². The van der Waals surface area contributed by atoms with Crippen molar-refractivity contribution < 1.29 is 19.1 Å². The number of carbonyl (C=O) groups is 3. The van der Waals surface area contributed by atoms with Crippen molar-refractivity contribution in [3.05, 3.63) is 70.9 Å². The lowest BCUT2D eigenvalue weighted by Crippen LogP contribution is -2.38. The molecular weight excluding hydrogens is 472 g/mol. The molecule has 6 nitrogen and oxygen atoms in total. The Bertz CT molecular complexity index is 1250. The molecule has 2 saturated heterocycles. The van der Waals surface area contributed by atoms with E-state index in [0.29, 0.717) is 32.0 Å². The molecule has 0 aliphatic carbocycles. The lowest BCUT2D eigenvalue weighted by molar-refractivity contribution is -0.139. The third-order valence-electron chi connectivity index (χ3n) is 6.87. The third kappa shape index (κ3) is 4.61. The van der Waals surface area contributed by atoms with Gasteiger partial charge in [0, 0.05) is 30.9 Å². The van der Waals surface area contributed by atoms with Gasteiger partial charge in [-0.15, -0.1) is 0 Å². The molecule has 2 fully saturated rings. The first kappa shape index (κ1) is 24.4. The Morgan fingerprint density at radius 3 is 2.39 bits per heavy atom. The van der Waals surface area contributed by atoms with Crippen molar-refractivity contribution in [3.63, 3.8) is 0 Å². The number of ketones is 2. The molecule has 1 aromatic heterocycles. The molecule has 2 aromatic carbocycles. The van der Waals surface area contributed by atoms with E-state index in [1.165, 1.54) is 0 Å². The predicted molar refractivity (Wildman–Crippen MR) is 142 cm³/mol. The third-order valence-corrected chi connectivity index (χ3v) is 7.55. The van der Waals surface area contributed by atoms with Gasteiger partial charge in [0.2, 0.25) is 5.78 Å². The van der Waals surface area contributed by atoms with E-state index in [-0.39, 0.29) is 18.1 Å². The zero-order chi connectivity index (χ0) is 25.2. The average molecular weight is 503 g/mol. The Balaban J connectivity index is 1.60. The number of rotatable bonds is 7. The number of hydrogen-bond acceptors (Lipinski definition) is 6. The highest BCUT2D eigenvalue weighted by molar-refractivity contribution is 7.08. The molecule has 2 unspecified atom stereocenters. The fraction of sp³-hybridized carbons (Fsp3) is 0.345. The monoisotopic (exact) mass is 502 g/mol. The predicted octanol–water partition coefficient (Wildman–Crippen LogP) is 5.14.